The van der Waals surface area contributed by atoms with Crippen molar-refractivity contribution < 1.29 is 14.3 Å². The summed E-state index contributed by atoms with van der Waals surface area (Å²) in [4.78, 5) is 16.2. The van der Waals surface area contributed by atoms with Crippen LogP contribution in [0, 0.1) is 0 Å². The number of rotatable bonds is 7. The van der Waals surface area contributed by atoms with E-state index in [0.29, 0.717) is 35.1 Å². The lowest BCUT2D eigenvalue weighted by Gasteiger charge is -2.18. The van der Waals surface area contributed by atoms with Crippen molar-refractivity contribution in [1.82, 2.24) is 10.3 Å². The number of carbonyl (C=O) groups is 1. The van der Waals surface area contributed by atoms with Gasteiger partial charge in [0.15, 0.2) is 0 Å². The minimum absolute atomic E-state index is 0.154. The first-order chi connectivity index (χ1) is 11.5. The zero-order valence-electron chi connectivity index (χ0n) is 13.4. The zero-order valence-corrected chi connectivity index (χ0v) is 14.9. The second-order valence-corrected chi connectivity index (χ2v) is 5.83. The highest BCUT2D eigenvalue weighted by Crippen LogP contribution is 2.23. The van der Waals surface area contributed by atoms with Gasteiger partial charge in [0, 0.05) is 11.6 Å². The minimum atomic E-state index is -0.184. The fourth-order valence-electron chi connectivity index (χ4n) is 1.97. The number of nitrogens with one attached hydrogen (secondary N) is 1. The van der Waals surface area contributed by atoms with E-state index in [0.717, 1.165) is 0 Å². The first-order valence-electron chi connectivity index (χ1n) is 7.42. The van der Waals surface area contributed by atoms with Gasteiger partial charge in [0.2, 0.25) is 0 Å². The molecule has 0 radical (unpaired) electrons. The van der Waals surface area contributed by atoms with Gasteiger partial charge in [-0.1, -0.05) is 36.2 Å². The van der Waals surface area contributed by atoms with Crippen LogP contribution in [0.15, 0.2) is 36.5 Å². The molecule has 1 aromatic heterocycles. The Bertz CT molecular complexity index is 710. The van der Waals surface area contributed by atoms with Gasteiger partial charge in [0.1, 0.15) is 23.3 Å². The predicted molar refractivity (Wildman–Crippen MR) is 94.3 cm³/mol. The Balaban J connectivity index is 1.95. The summed E-state index contributed by atoms with van der Waals surface area (Å²) in [5.41, 5.74) is 0.531. The van der Waals surface area contributed by atoms with Crippen LogP contribution >= 0.6 is 23.2 Å². The van der Waals surface area contributed by atoms with Crippen molar-refractivity contribution in [2.24, 2.45) is 0 Å². The molecular weight excluding hydrogens is 351 g/mol. The molecule has 5 nitrogen and oxygen atoms in total. The second kappa shape index (κ2) is 8.76. The van der Waals surface area contributed by atoms with Crippen molar-refractivity contribution in [2.75, 3.05) is 13.7 Å². The average molecular weight is 369 g/mol. The van der Waals surface area contributed by atoms with Gasteiger partial charge in [-0.05, 0) is 24.6 Å². The van der Waals surface area contributed by atoms with Crippen LogP contribution in [-0.2, 0) is 0 Å². The maximum atomic E-state index is 12.3. The van der Waals surface area contributed by atoms with E-state index in [1.54, 1.807) is 37.4 Å². The van der Waals surface area contributed by atoms with Crippen molar-refractivity contribution in [3.8, 4) is 11.5 Å². The van der Waals surface area contributed by atoms with Gasteiger partial charge in [-0.3, -0.25) is 4.79 Å². The molecule has 0 saturated heterocycles. The monoisotopic (exact) mass is 368 g/mol. The molecule has 0 aliphatic carbocycles. The van der Waals surface area contributed by atoms with E-state index in [4.69, 9.17) is 32.7 Å². The molecule has 7 heteroatoms. The fraction of sp³-hybridized carbons (Fsp3) is 0.294. The van der Waals surface area contributed by atoms with Crippen LogP contribution in [0.2, 0.25) is 10.2 Å². The molecule has 2 rings (SSSR count). The summed E-state index contributed by atoms with van der Waals surface area (Å²) < 4.78 is 10.8. The zero-order chi connectivity index (χ0) is 17.5. The van der Waals surface area contributed by atoms with Crippen molar-refractivity contribution >= 4 is 29.1 Å². The molecule has 0 saturated carbocycles. The third kappa shape index (κ3) is 5.01. The van der Waals surface area contributed by atoms with Crippen LogP contribution in [0.4, 0.5) is 0 Å². The Hall–Kier alpha value is -1.98. The van der Waals surface area contributed by atoms with Crippen LogP contribution in [-0.4, -0.2) is 30.6 Å². The minimum Gasteiger partial charge on any atom is -0.497 e. The molecule has 1 amide bonds. The van der Waals surface area contributed by atoms with Gasteiger partial charge in [0.25, 0.3) is 5.91 Å². The Kier molecular flexibility index (Phi) is 6.70. The quantitative estimate of drug-likeness (QED) is 0.750. The normalized spacial score (nSPS) is 11.7. The average Bonchev–Trinajstić information content (AvgIpc) is 2.61. The van der Waals surface area contributed by atoms with Crippen molar-refractivity contribution in [3.63, 3.8) is 0 Å². The molecule has 0 bridgehead atoms. The summed E-state index contributed by atoms with van der Waals surface area (Å²) in [6.45, 7) is 2.26. The second-order valence-electron chi connectivity index (χ2n) is 5.07. The van der Waals surface area contributed by atoms with Crippen LogP contribution in [0.5, 0.6) is 11.5 Å². The molecule has 1 unspecified atom stereocenters. The summed E-state index contributed by atoms with van der Waals surface area (Å²) in [6.07, 6.45) is 2.20. The topological polar surface area (TPSA) is 60.5 Å². The number of nitrogens with zero attached hydrogens (tertiary/aromatic N) is 1. The highest BCUT2D eigenvalue weighted by atomic mass is 35.5. The van der Waals surface area contributed by atoms with Gasteiger partial charge in [-0.15, -0.1) is 0 Å². The molecule has 0 aliphatic rings. The van der Waals surface area contributed by atoms with Crippen molar-refractivity contribution in [3.05, 3.63) is 52.3 Å². The van der Waals surface area contributed by atoms with Gasteiger partial charge < -0.3 is 14.8 Å². The smallest absolute Gasteiger partial charge is 0.251 e. The Morgan fingerprint density at radius 3 is 2.75 bits per heavy atom. The standard InChI is InChI=1S/C17H18Cl2N2O3/c1-3-12(10-24-14-8-15(18)16(19)20-9-14)21-17(22)11-5-4-6-13(7-11)23-2/h4-9,12H,3,10H2,1-2H3,(H,21,22). The number of benzene rings is 1. The summed E-state index contributed by atoms with van der Waals surface area (Å²) in [5, 5.41) is 3.48. The molecule has 1 aromatic carbocycles. The molecule has 24 heavy (non-hydrogen) atoms. The number of halogens is 2. The molecule has 1 N–H and O–H groups in total. The number of ether oxygens (including phenoxy) is 2. The lowest BCUT2D eigenvalue weighted by Crippen LogP contribution is -2.38. The maximum Gasteiger partial charge on any atom is 0.251 e. The molecule has 128 valence electrons. The molecule has 1 heterocycles. The third-order valence-electron chi connectivity index (χ3n) is 3.38. The summed E-state index contributed by atoms with van der Waals surface area (Å²) >= 11 is 11.7. The van der Waals surface area contributed by atoms with Gasteiger partial charge in [-0.25, -0.2) is 4.98 Å². The third-order valence-corrected chi connectivity index (χ3v) is 4.07. The number of hydrogen-bond donors (Lipinski definition) is 1. The summed E-state index contributed by atoms with van der Waals surface area (Å²) in [7, 11) is 1.56. The van der Waals surface area contributed by atoms with E-state index in [9.17, 15) is 4.79 Å². The number of amides is 1. The predicted octanol–water partition coefficient (Wildman–Crippen LogP) is 3.98. The van der Waals surface area contributed by atoms with Crippen LogP contribution in [0.1, 0.15) is 23.7 Å². The molecule has 0 spiro atoms. The summed E-state index contributed by atoms with van der Waals surface area (Å²) in [5.74, 6) is 0.948. The van der Waals surface area contributed by atoms with E-state index in [1.165, 1.54) is 6.20 Å². The van der Waals surface area contributed by atoms with E-state index in [1.807, 2.05) is 6.92 Å². The number of pyridine rings is 1. The van der Waals surface area contributed by atoms with Crippen LogP contribution < -0.4 is 14.8 Å². The first-order valence-corrected chi connectivity index (χ1v) is 8.17. The molecule has 2 aromatic rings. The number of hydrogen-bond acceptors (Lipinski definition) is 4. The number of carbonyl (C=O) groups excluding carboxylic acids is 1. The largest absolute Gasteiger partial charge is 0.497 e. The van der Waals surface area contributed by atoms with Gasteiger partial charge in [0.05, 0.1) is 24.4 Å². The lowest BCUT2D eigenvalue weighted by molar-refractivity contribution is 0.0919. The highest BCUT2D eigenvalue weighted by Gasteiger charge is 2.14. The van der Waals surface area contributed by atoms with Crippen molar-refractivity contribution in [2.45, 2.75) is 19.4 Å². The molecule has 1 atom stereocenters. The lowest BCUT2D eigenvalue weighted by atomic mass is 10.1. The molecule has 0 aliphatic heterocycles. The SMILES string of the molecule is CCC(COc1cnc(Cl)c(Cl)c1)NC(=O)c1cccc(OC)c1. The van der Waals surface area contributed by atoms with Crippen molar-refractivity contribution in [1.29, 1.82) is 0 Å². The number of methoxy groups -OCH3 is 1. The first kappa shape index (κ1) is 18.4. The highest BCUT2D eigenvalue weighted by molar-refractivity contribution is 6.41. The Morgan fingerprint density at radius 1 is 1.29 bits per heavy atom. The van der Waals surface area contributed by atoms with Crippen LogP contribution in [0.25, 0.3) is 0 Å². The van der Waals surface area contributed by atoms with E-state index in [2.05, 4.69) is 10.3 Å². The van der Waals surface area contributed by atoms with Crippen LogP contribution in [0.3, 0.4) is 0 Å². The molecule has 0 fully saturated rings. The summed E-state index contributed by atoms with van der Waals surface area (Å²) in [6, 6.07) is 8.41. The number of aromatic nitrogens is 1. The fourth-order valence-corrected chi connectivity index (χ4v) is 2.23. The molecular formula is C17H18Cl2N2O3. The van der Waals surface area contributed by atoms with E-state index >= 15 is 0 Å². The Labute approximate surface area is 150 Å². The van der Waals surface area contributed by atoms with E-state index < -0.39 is 0 Å². The Morgan fingerprint density at radius 2 is 2.08 bits per heavy atom. The van der Waals surface area contributed by atoms with Gasteiger partial charge in [-0.2, -0.15) is 0 Å². The van der Waals surface area contributed by atoms with E-state index in [-0.39, 0.29) is 17.1 Å². The van der Waals surface area contributed by atoms with Gasteiger partial charge >= 0.3 is 0 Å². The maximum absolute atomic E-state index is 12.3.